The van der Waals surface area contributed by atoms with Gasteiger partial charge in [-0.05, 0) is 56.3 Å². The molecule has 1 aliphatic rings. The number of hydrogen-bond acceptors (Lipinski definition) is 6. The summed E-state index contributed by atoms with van der Waals surface area (Å²) in [5.41, 5.74) is 4.80. The zero-order chi connectivity index (χ0) is 24.7. The molecule has 4 aromatic rings. The summed E-state index contributed by atoms with van der Waals surface area (Å²) in [6.07, 6.45) is -0.363. The quantitative estimate of drug-likeness (QED) is 0.322. The summed E-state index contributed by atoms with van der Waals surface area (Å²) in [6.45, 7) is 6.21. The van der Waals surface area contributed by atoms with Gasteiger partial charge in [0.15, 0.2) is 0 Å². The SMILES string of the molecule is Cc1ccc(-c2nn([C@H]3CN(C)CCN3c3ccc([N+](=O)[O-])cc3)c(=O)c3ccccc23)cc1C. The van der Waals surface area contributed by atoms with Gasteiger partial charge < -0.3 is 9.80 Å². The number of nitro benzene ring substituents is 1. The van der Waals surface area contributed by atoms with Crippen LogP contribution in [-0.4, -0.2) is 46.3 Å². The molecule has 1 saturated heterocycles. The molecule has 0 amide bonds. The van der Waals surface area contributed by atoms with E-state index in [1.54, 1.807) is 16.8 Å². The van der Waals surface area contributed by atoms with Crippen LogP contribution in [0.4, 0.5) is 11.4 Å². The van der Waals surface area contributed by atoms with Gasteiger partial charge in [-0.1, -0.05) is 30.3 Å². The molecule has 0 N–H and O–H groups in total. The number of fused-ring (bicyclic) bond motifs is 1. The third kappa shape index (κ3) is 4.17. The predicted octanol–water partition coefficient (Wildman–Crippen LogP) is 4.54. The average Bonchev–Trinajstić information content (AvgIpc) is 2.86. The van der Waals surface area contributed by atoms with Gasteiger partial charge in [-0.15, -0.1) is 0 Å². The van der Waals surface area contributed by atoms with Crippen molar-refractivity contribution in [3.63, 3.8) is 0 Å². The van der Waals surface area contributed by atoms with Crippen LogP contribution in [0.5, 0.6) is 0 Å². The lowest BCUT2D eigenvalue weighted by Crippen LogP contribution is -2.52. The number of anilines is 1. The fourth-order valence-electron chi connectivity index (χ4n) is 4.68. The molecule has 1 fully saturated rings. The maximum Gasteiger partial charge on any atom is 0.276 e. The van der Waals surface area contributed by atoms with Crippen LogP contribution in [-0.2, 0) is 0 Å². The zero-order valence-electron chi connectivity index (χ0n) is 20.0. The Balaban J connectivity index is 1.69. The van der Waals surface area contributed by atoms with E-state index in [2.05, 4.69) is 35.8 Å². The first kappa shape index (κ1) is 22.7. The second-order valence-electron chi connectivity index (χ2n) is 9.15. The number of nitrogens with zero attached hydrogens (tertiary/aromatic N) is 5. The highest BCUT2D eigenvalue weighted by Crippen LogP contribution is 2.30. The Kier molecular flexibility index (Phi) is 5.82. The lowest BCUT2D eigenvalue weighted by atomic mass is 10.0. The van der Waals surface area contributed by atoms with Crippen molar-refractivity contribution in [3.05, 3.63) is 98.3 Å². The number of aryl methyl sites for hydroxylation is 2. The first-order valence-corrected chi connectivity index (χ1v) is 11.6. The van der Waals surface area contributed by atoms with E-state index in [1.807, 2.05) is 37.4 Å². The molecular weight excluding hydrogens is 442 g/mol. The molecule has 2 heterocycles. The van der Waals surface area contributed by atoms with E-state index >= 15 is 0 Å². The minimum atomic E-state index is -0.406. The van der Waals surface area contributed by atoms with Gasteiger partial charge >= 0.3 is 0 Å². The van der Waals surface area contributed by atoms with Gasteiger partial charge in [0, 0.05) is 48.4 Å². The molecule has 1 aliphatic heterocycles. The number of likely N-dealkylation sites (N-methyl/N-ethyl adjacent to an activating group) is 1. The molecular formula is C27H27N5O3. The Hall–Kier alpha value is -4.04. The Bertz CT molecular complexity index is 1480. The standard InChI is InChI=1S/C27H27N5O3/c1-18-8-9-20(16-19(18)2)26-23-6-4-5-7-24(23)27(33)31(28-26)25-17-29(3)14-15-30(25)21-10-12-22(13-11-21)32(34)35/h4-13,16,25H,14-15,17H2,1-3H3/t25-/m0/s1. The molecule has 8 heteroatoms. The molecule has 0 unspecified atom stereocenters. The van der Waals surface area contributed by atoms with Crippen LogP contribution in [0.1, 0.15) is 17.3 Å². The number of piperazine rings is 1. The van der Waals surface area contributed by atoms with Crippen LogP contribution in [0.25, 0.3) is 22.0 Å². The third-order valence-electron chi connectivity index (χ3n) is 6.84. The third-order valence-corrected chi connectivity index (χ3v) is 6.84. The molecule has 0 radical (unpaired) electrons. The largest absolute Gasteiger partial charge is 0.347 e. The van der Waals surface area contributed by atoms with Gasteiger partial charge in [0.25, 0.3) is 11.2 Å². The van der Waals surface area contributed by atoms with E-state index in [0.29, 0.717) is 18.5 Å². The summed E-state index contributed by atoms with van der Waals surface area (Å²) in [5.74, 6) is 0. The van der Waals surface area contributed by atoms with E-state index in [-0.39, 0.29) is 17.4 Å². The highest BCUT2D eigenvalue weighted by Gasteiger charge is 2.30. The zero-order valence-corrected chi connectivity index (χ0v) is 20.0. The highest BCUT2D eigenvalue weighted by molar-refractivity contribution is 5.93. The number of non-ortho nitro benzene ring substituents is 1. The van der Waals surface area contributed by atoms with Crippen molar-refractivity contribution < 1.29 is 4.92 Å². The number of hydrogen-bond donors (Lipinski definition) is 0. The molecule has 0 spiro atoms. The molecule has 3 aromatic carbocycles. The highest BCUT2D eigenvalue weighted by atomic mass is 16.6. The van der Waals surface area contributed by atoms with Crippen molar-refractivity contribution in [3.8, 4) is 11.3 Å². The number of aromatic nitrogens is 2. The maximum atomic E-state index is 13.7. The normalized spacial score (nSPS) is 16.5. The van der Waals surface area contributed by atoms with Crippen molar-refractivity contribution in [2.45, 2.75) is 20.0 Å². The lowest BCUT2D eigenvalue weighted by molar-refractivity contribution is -0.384. The molecule has 0 bridgehead atoms. The summed E-state index contributed by atoms with van der Waals surface area (Å²) in [7, 11) is 2.02. The van der Waals surface area contributed by atoms with E-state index in [9.17, 15) is 14.9 Å². The Morgan fingerprint density at radius 3 is 2.34 bits per heavy atom. The molecule has 35 heavy (non-hydrogen) atoms. The van der Waals surface area contributed by atoms with Crippen molar-refractivity contribution >= 4 is 22.1 Å². The van der Waals surface area contributed by atoms with E-state index in [0.717, 1.165) is 34.4 Å². The van der Waals surface area contributed by atoms with Crippen LogP contribution in [0.2, 0.25) is 0 Å². The van der Waals surface area contributed by atoms with Crippen LogP contribution >= 0.6 is 0 Å². The summed E-state index contributed by atoms with van der Waals surface area (Å²) >= 11 is 0. The second kappa shape index (κ2) is 8.96. The fourth-order valence-corrected chi connectivity index (χ4v) is 4.68. The Labute approximate surface area is 203 Å². The minimum absolute atomic E-state index is 0.0393. The van der Waals surface area contributed by atoms with Gasteiger partial charge in [0.2, 0.25) is 0 Å². The van der Waals surface area contributed by atoms with Gasteiger partial charge in [-0.3, -0.25) is 14.9 Å². The summed E-state index contributed by atoms with van der Waals surface area (Å²) in [4.78, 5) is 28.7. The van der Waals surface area contributed by atoms with Crippen LogP contribution < -0.4 is 10.5 Å². The first-order valence-electron chi connectivity index (χ1n) is 11.6. The number of rotatable bonds is 4. The van der Waals surface area contributed by atoms with Gasteiger partial charge in [-0.25, -0.2) is 4.68 Å². The van der Waals surface area contributed by atoms with Crippen molar-refractivity contribution in [1.82, 2.24) is 14.7 Å². The number of benzene rings is 3. The summed E-state index contributed by atoms with van der Waals surface area (Å²) in [5, 5.41) is 17.5. The van der Waals surface area contributed by atoms with E-state index in [4.69, 9.17) is 5.10 Å². The molecule has 1 aromatic heterocycles. The summed E-state index contributed by atoms with van der Waals surface area (Å²) in [6, 6.07) is 20.3. The van der Waals surface area contributed by atoms with Gasteiger partial charge in [0.1, 0.15) is 6.17 Å². The fraction of sp³-hybridized carbons (Fsp3) is 0.259. The van der Waals surface area contributed by atoms with Crippen molar-refractivity contribution in [2.75, 3.05) is 31.6 Å². The maximum absolute atomic E-state index is 13.7. The predicted molar refractivity (Wildman–Crippen MR) is 138 cm³/mol. The van der Waals surface area contributed by atoms with Crippen LogP contribution in [0.15, 0.2) is 71.5 Å². The molecule has 8 nitrogen and oxygen atoms in total. The van der Waals surface area contributed by atoms with Crippen LogP contribution in [0.3, 0.4) is 0 Å². The van der Waals surface area contributed by atoms with E-state index in [1.165, 1.54) is 17.7 Å². The number of nitro groups is 1. The minimum Gasteiger partial charge on any atom is -0.347 e. The molecule has 0 saturated carbocycles. The van der Waals surface area contributed by atoms with E-state index < -0.39 is 4.92 Å². The van der Waals surface area contributed by atoms with Gasteiger partial charge in [0.05, 0.1) is 16.0 Å². The second-order valence-corrected chi connectivity index (χ2v) is 9.15. The molecule has 5 rings (SSSR count). The topological polar surface area (TPSA) is 84.5 Å². The monoisotopic (exact) mass is 469 g/mol. The van der Waals surface area contributed by atoms with Crippen molar-refractivity contribution in [2.24, 2.45) is 0 Å². The lowest BCUT2D eigenvalue weighted by Gasteiger charge is -2.41. The Morgan fingerprint density at radius 1 is 0.943 bits per heavy atom. The molecule has 1 atom stereocenters. The average molecular weight is 470 g/mol. The van der Waals surface area contributed by atoms with Crippen molar-refractivity contribution in [1.29, 1.82) is 0 Å². The summed E-state index contributed by atoms with van der Waals surface area (Å²) < 4.78 is 1.59. The Morgan fingerprint density at radius 2 is 1.66 bits per heavy atom. The molecule has 0 aliphatic carbocycles. The van der Waals surface area contributed by atoms with Crippen LogP contribution in [0, 0.1) is 24.0 Å². The van der Waals surface area contributed by atoms with Gasteiger partial charge in [-0.2, -0.15) is 5.10 Å². The first-order chi connectivity index (χ1) is 16.8. The smallest absolute Gasteiger partial charge is 0.276 e. The molecule has 178 valence electrons.